The highest BCUT2D eigenvalue weighted by molar-refractivity contribution is 6.30. The maximum absolute atomic E-state index is 12.8. The molecular weight excluding hydrogens is 380 g/mol. The molecule has 150 valence electrons. The van der Waals surface area contributed by atoms with Crippen LogP contribution in [0.25, 0.3) is 0 Å². The predicted molar refractivity (Wildman–Crippen MR) is 107 cm³/mol. The molecule has 0 aliphatic carbocycles. The summed E-state index contributed by atoms with van der Waals surface area (Å²) in [4.78, 5) is 30.1. The van der Waals surface area contributed by atoms with Crippen molar-refractivity contribution >= 4 is 23.4 Å². The molecule has 28 heavy (non-hydrogen) atoms. The molecule has 2 amide bonds. The van der Waals surface area contributed by atoms with Crippen molar-refractivity contribution in [3.05, 3.63) is 52.2 Å². The van der Waals surface area contributed by atoms with Gasteiger partial charge in [0.25, 0.3) is 5.91 Å². The average molecular weight is 405 g/mol. The number of aromatic nitrogens is 1. The van der Waals surface area contributed by atoms with Gasteiger partial charge in [0, 0.05) is 30.7 Å². The second-order valence-corrected chi connectivity index (χ2v) is 7.10. The van der Waals surface area contributed by atoms with E-state index in [1.807, 2.05) is 13.0 Å². The van der Waals surface area contributed by atoms with Crippen LogP contribution in [-0.4, -0.2) is 40.9 Å². The number of amides is 2. The van der Waals surface area contributed by atoms with Crippen LogP contribution in [0.4, 0.5) is 0 Å². The lowest BCUT2D eigenvalue weighted by molar-refractivity contribution is -0.125. The van der Waals surface area contributed by atoms with E-state index < -0.39 is 6.04 Å². The summed E-state index contributed by atoms with van der Waals surface area (Å²) in [5.41, 5.74) is 7.99. The summed E-state index contributed by atoms with van der Waals surface area (Å²) in [6.07, 6.45) is 1.42. The second kappa shape index (κ2) is 9.12. The first-order valence-corrected chi connectivity index (χ1v) is 9.79. The van der Waals surface area contributed by atoms with Crippen molar-refractivity contribution in [1.82, 2.24) is 15.2 Å². The van der Waals surface area contributed by atoms with Gasteiger partial charge in [-0.2, -0.15) is 0 Å². The number of ether oxygens (including phenoxy) is 1. The number of carbonyl (C=O) groups is 2. The number of hydrogen-bond acceptors (Lipinski definition) is 4. The molecule has 1 aliphatic rings. The fourth-order valence-electron chi connectivity index (χ4n) is 3.43. The molecule has 1 atom stereocenters. The van der Waals surface area contributed by atoms with Crippen LogP contribution < -0.4 is 15.8 Å². The summed E-state index contributed by atoms with van der Waals surface area (Å²) >= 11 is 6.05. The monoisotopic (exact) mass is 404 g/mol. The van der Waals surface area contributed by atoms with Crippen molar-refractivity contribution in [2.75, 3.05) is 13.2 Å². The Bertz CT molecular complexity index is 852. The molecule has 1 aromatic carbocycles. The number of rotatable bonds is 7. The number of benzene rings is 1. The Labute approximate surface area is 169 Å². The number of likely N-dealkylation sites (tertiary alicyclic amines) is 1. The molecule has 8 heteroatoms. The van der Waals surface area contributed by atoms with E-state index in [0.717, 1.165) is 17.5 Å². The van der Waals surface area contributed by atoms with Crippen LogP contribution in [0, 0.1) is 0 Å². The Hall–Kier alpha value is -2.51. The van der Waals surface area contributed by atoms with Crippen LogP contribution >= 0.6 is 11.6 Å². The maximum atomic E-state index is 12.8. The van der Waals surface area contributed by atoms with E-state index in [1.54, 1.807) is 29.2 Å². The summed E-state index contributed by atoms with van der Waals surface area (Å²) in [6, 6.07) is 8.34. The summed E-state index contributed by atoms with van der Waals surface area (Å²) in [5, 5.41) is 3.52. The highest BCUT2D eigenvalue weighted by atomic mass is 35.5. The third-order valence-electron chi connectivity index (χ3n) is 4.85. The number of nitrogens with zero attached hydrogens (tertiary/aromatic N) is 1. The van der Waals surface area contributed by atoms with Gasteiger partial charge in [0.15, 0.2) is 5.88 Å². The molecule has 0 unspecified atom stereocenters. The standard InChI is InChI=1S/C20H25ClN4O3/c1-2-28-18-8-7-16(24-18)20(27)25-9-3-4-17(25)19(26)23-12-14-10-15(21)6-5-13(14)11-22/h5-8,10,17,24H,2-4,9,11-12,22H2,1H3,(H,23,26)/t17-/m0/s1. The van der Waals surface area contributed by atoms with Gasteiger partial charge in [-0.05, 0) is 49.1 Å². The van der Waals surface area contributed by atoms with Crippen molar-refractivity contribution in [2.45, 2.75) is 38.9 Å². The van der Waals surface area contributed by atoms with Crippen LogP contribution in [0.3, 0.4) is 0 Å². The van der Waals surface area contributed by atoms with Gasteiger partial charge in [-0.1, -0.05) is 17.7 Å². The summed E-state index contributed by atoms with van der Waals surface area (Å²) in [5.74, 6) is 0.167. The lowest BCUT2D eigenvalue weighted by Crippen LogP contribution is -2.45. The molecule has 1 aromatic heterocycles. The first-order chi connectivity index (χ1) is 13.5. The Morgan fingerprint density at radius 3 is 2.89 bits per heavy atom. The van der Waals surface area contributed by atoms with Gasteiger partial charge in [-0.25, -0.2) is 0 Å². The molecule has 4 N–H and O–H groups in total. The highest BCUT2D eigenvalue weighted by Crippen LogP contribution is 2.22. The van der Waals surface area contributed by atoms with Gasteiger partial charge < -0.3 is 25.7 Å². The fraction of sp³-hybridized carbons (Fsp3) is 0.400. The minimum Gasteiger partial charge on any atom is -0.479 e. The van der Waals surface area contributed by atoms with Crippen LogP contribution in [0.15, 0.2) is 30.3 Å². The highest BCUT2D eigenvalue weighted by Gasteiger charge is 2.35. The molecule has 1 saturated heterocycles. The molecule has 1 fully saturated rings. The molecule has 2 heterocycles. The second-order valence-electron chi connectivity index (χ2n) is 6.66. The zero-order valence-corrected chi connectivity index (χ0v) is 16.6. The van der Waals surface area contributed by atoms with E-state index >= 15 is 0 Å². The summed E-state index contributed by atoms with van der Waals surface area (Å²) in [7, 11) is 0. The third kappa shape index (κ3) is 4.48. The topological polar surface area (TPSA) is 100 Å². The summed E-state index contributed by atoms with van der Waals surface area (Å²) < 4.78 is 5.37. The van der Waals surface area contributed by atoms with E-state index in [4.69, 9.17) is 22.1 Å². The van der Waals surface area contributed by atoms with E-state index in [2.05, 4.69) is 10.3 Å². The number of hydrogen-bond donors (Lipinski definition) is 3. The number of nitrogens with two attached hydrogens (primary N) is 1. The average Bonchev–Trinajstić information content (AvgIpc) is 3.36. The van der Waals surface area contributed by atoms with Gasteiger partial charge in [0.05, 0.1) is 6.61 Å². The Morgan fingerprint density at radius 2 is 2.14 bits per heavy atom. The quantitative estimate of drug-likeness (QED) is 0.659. The van der Waals surface area contributed by atoms with E-state index in [1.165, 1.54) is 0 Å². The Balaban J connectivity index is 1.65. The van der Waals surface area contributed by atoms with Gasteiger partial charge >= 0.3 is 0 Å². The van der Waals surface area contributed by atoms with E-state index in [0.29, 0.717) is 49.3 Å². The smallest absolute Gasteiger partial charge is 0.271 e. The van der Waals surface area contributed by atoms with Crippen LogP contribution in [-0.2, 0) is 17.9 Å². The number of halogens is 1. The fourth-order valence-corrected chi connectivity index (χ4v) is 3.63. The van der Waals surface area contributed by atoms with Crippen LogP contribution in [0.5, 0.6) is 5.88 Å². The lowest BCUT2D eigenvalue weighted by atomic mass is 10.1. The van der Waals surface area contributed by atoms with Crippen molar-refractivity contribution in [3.63, 3.8) is 0 Å². The van der Waals surface area contributed by atoms with Gasteiger partial charge in [-0.15, -0.1) is 0 Å². The number of H-pyrrole nitrogens is 1. The van der Waals surface area contributed by atoms with E-state index in [9.17, 15) is 9.59 Å². The van der Waals surface area contributed by atoms with Crippen molar-refractivity contribution in [2.24, 2.45) is 5.73 Å². The third-order valence-corrected chi connectivity index (χ3v) is 5.08. The lowest BCUT2D eigenvalue weighted by Gasteiger charge is -2.23. The SMILES string of the molecule is CCOc1ccc(C(=O)N2CCC[C@H]2C(=O)NCc2cc(Cl)ccc2CN)[nH]1. The number of carbonyl (C=O) groups excluding carboxylic acids is 2. The van der Waals surface area contributed by atoms with E-state index in [-0.39, 0.29) is 11.8 Å². The molecule has 0 spiro atoms. The Morgan fingerprint density at radius 1 is 1.32 bits per heavy atom. The van der Waals surface area contributed by atoms with Crippen molar-refractivity contribution in [3.8, 4) is 5.88 Å². The molecule has 0 radical (unpaired) electrons. The first-order valence-electron chi connectivity index (χ1n) is 9.41. The van der Waals surface area contributed by atoms with Gasteiger partial charge in [0.2, 0.25) is 5.91 Å². The predicted octanol–water partition coefficient (Wildman–Crippen LogP) is 2.45. The molecule has 0 saturated carbocycles. The normalized spacial score (nSPS) is 16.2. The van der Waals surface area contributed by atoms with Crippen LogP contribution in [0.2, 0.25) is 5.02 Å². The zero-order chi connectivity index (χ0) is 20.1. The minimum absolute atomic E-state index is 0.176. The molecule has 2 aromatic rings. The van der Waals surface area contributed by atoms with Gasteiger partial charge in [0.1, 0.15) is 11.7 Å². The molecule has 1 aliphatic heterocycles. The number of nitrogens with one attached hydrogen (secondary N) is 2. The summed E-state index contributed by atoms with van der Waals surface area (Å²) in [6.45, 7) is 3.62. The minimum atomic E-state index is -0.494. The largest absolute Gasteiger partial charge is 0.479 e. The number of aromatic amines is 1. The van der Waals surface area contributed by atoms with Crippen molar-refractivity contribution < 1.29 is 14.3 Å². The Kier molecular flexibility index (Phi) is 6.59. The van der Waals surface area contributed by atoms with Gasteiger partial charge in [-0.3, -0.25) is 9.59 Å². The molecular formula is C20H25ClN4O3. The molecule has 0 bridgehead atoms. The maximum Gasteiger partial charge on any atom is 0.271 e. The molecule has 3 rings (SSSR count). The zero-order valence-electron chi connectivity index (χ0n) is 15.8. The molecule has 7 nitrogen and oxygen atoms in total. The van der Waals surface area contributed by atoms with Crippen molar-refractivity contribution in [1.29, 1.82) is 0 Å². The first kappa shape index (κ1) is 20.2. The van der Waals surface area contributed by atoms with Crippen LogP contribution in [0.1, 0.15) is 41.4 Å².